The molecule has 0 saturated heterocycles. The van der Waals surface area contributed by atoms with Crippen LogP contribution in [0.25, 0.3) is 0 Å². The summed E-state index contributed by atoms with van der Waals surface area (Å²) in [5.41, 5.74) is 1.19. The molecule has 0 aliphatic carbocycles. The maximum absolute atomic E-state index is 11.8. The second-order valence-corrected chi connectivity index (χ2v) is 4.30. The first-order valence-electron chi connectivity index (χ1n) is 6.29. The van der Waals surface area contributed by atoms with Gasteiger partial charge in [-0.3, -0.25) is 9.59 Å². The molecule has 1 heterocycles. The van der Waals surface area contributed by atoms with E-state index in [1.54, 1.807) is 13.2 Å². The third-order valence-corrected chi connectivity index (χ3v) is 2.90. The monoisotopic (exact) mass is 272 g/mol. The van der Waals surface area contributed by atoms with E-state index in [0.29, 0.717) is 12.1 Å². The lowest BCUT2D eigenvalue weighted by Crippen LogP contribution is -2.26. The summed E-state index contributed by atoms with van der Waals surface area (Å²) in [6.45, 7) is 0.512. The number of carbonyl (C=O) groups excluding carboxylic acids is 1. The minimum Gasteiger partial charge on any atom is -0.497 e. The van der Waals surface area contributed by atoms with E-state index >= 15 is 0 Å². The first kappa shape index (κ1) is 13.9. The van der Waals surface area contributed by atoms with Crippen molar-refractivity contribution in [1.29, 1.82) is 0 Å². The number of amides is 1. The molecule has 1 amide bonds. The number of pyridine rings is 1. The second-order valence-electron chi connectivity index (χ2n) is 4.30. The van der Waals surface area contributed by atoms with E-state index in [-0.39, 0.29) is 11.5 Å². The lowest BCUT2D eigenvalue weighted by molar-refractivity contribution is 0.0954. The van der Waals surface area contributed by atoms with E-state index in [4.69, 9.17) is 4.74 Å². The molecule has 0 radical (unpaired) electrons. The summed E-state index contributed by atoms with van der Waals surface area (Å²) in [5, 5.41) is 2.78. The summed E-state index contributed by atoms with van der Waals surface area (Å²) in [4.78, 5) is 25.4. The van der Waals surface area contributed by atoms with Crippen LogP contribution in [-0.4, -0.2) is 24.5 Å². The van der Waals surface area contributed by atoms with Gasteiger partial charge in [0.05, 0.1) is 7.11 Å². The quantitative estimate of drug-likeness (QED) is 0.863. The molecule has 20 heavy (non-hydrogen) atoms. The summed E-state index contributed by atoms with van der Waals surface area (Å²) in [6.07, 6.45) is 2.18. The Bertz CT molecular complexity index is 632. The maximum Gasteiger partial charge on any atom is 0.251 e. The van der Waals surface area contributed by atoms with Crippen molar-refractivity contribution in [3.8, 4) is 5.75 Å². The van der Waals surface area contributed by atoms with Crippen LogP contribution in [0.2, 0.25) is 0 Å². The molecular formula is C15H16N2O3. The second kappa shape index (κ2) is 6.56. The summed E-state index contributed by atoms with van der Waals surface area (Å²) in [5.74, 6) is 0.561. The van der Waals surface area contributed by atoms with Gasteiger partial charge in [0.1, 0.15) is 5.75 Å². The van der Waals surface area contributed by atoms with E-state index in [0.717, 1.165) is 17.7 Å². The molecule has 0 atom stereocenters. The summed E-state index contributed by atoms with van der Waals surface area (Å²) in [7, 11) is 1.62. The summed E-state index contributed by atoms with van der Waals surface area (Å²) in [6, 6.07) is 10.5. The normalized spacial score (nSPS) is 10.1. The number of rotatable bonds is 5. The Morgan fingerprint density at radius 1 is 1.25 bits per heavy atom. The van der Waals surface area contributed by atoms with Gasteiger partial charge in [0.2, 0.25) is 5.56 Å². The van der Waals surface area contributed by atoms with Gasteiger partial charge in [0, 0.05) is 24.4 Å². The van der Waals surface area contributed by atoms with Crippen LogP contribution in [0.3, 0.4) is 0 Å². The lowest BCUT2D eigenvalue weighted by Gasteiger charge is -2.06. The van der Waals surface area contributed by atoms with Crippen molar-refractivity contribution >= 4 is 5.91 Å². The average molecular weight is 272 g/mol. The van der Waals surface area contributed by atoms with Crippen LogP contribution in [0.4, 0.5) is 0 Å². The van der Waals surface area contributed by atoms with Gasteiger partial charge in [-0.25, -0.2) is 0 Å². The van der Waals surface area contributed by atoms with Crippen molar-refractivity contribution < 1.29 is 9.53 Å². The number of hydrogen-bond donors (Lipinski definition) is 2. The van der Waals surface area contributed by atoms with Crippen molar-refractivity contribution in [2.75, 3.05) is 13.7 Å². The molecule has 1 aromatic carbocycles. The Morgan fingerprint density at radius 3 is 2.65 bits per heavy atom. The lowest BCUT2D eigenvalue weighted by atomic mass is 10.1. The highest BCUT2D eigenvalue weighted by Gasteiger charge is 2.05. The smallest absolute Gasteiger partial charge is 0.251 e. The van der Waals surface area contributed by atoms with Crippen molar-refractivity contribution in [2.45, 2.75) is 6.42 Å². The van der Waals surface area contributed by atoms with Crippen molar-refractivity contribution in [1.82, 2.24) is 10.3 Å². The Labute approximate surface area is 116 Å². The van der Waals surface area contributed by atoms with Gasteiger partial charge in [-0.1, -0.05) is 12.1 Å². The molecule has 0 spiro atoms. The molecule has 5 heteroatoms. The fourth-order valence-electron chi connectivity index (χ4n) is 1.80. The average Bonchev–Trinajstić information content (AvgIpc) is 2.48. The van der Waals surface area contributed by atoms with Crippen LogP contribution in [0.15, 0.2) is 47.4 Å². The number of hydrogen-bond acceptors (Lipinski definition) is 3. The number of H-pyrrole nitrogens is 1. The van der Waals surface area contributed by atoms with Gasteiger partial charge in [0.25, 0.3) is 5.91 Å². The van der Waals surface area contributed by atoms with E-state index in [9.17, 15) is 9.59 Å². The molecule has 0 aliphatic rings. The van der Waals surface area contributed by atoms with Crippen LogP contribution in [-0.2, 0) is 6.42 Å². The fraction of sp³-hybridized carbons (Fsp3) is 0.200. The molecule has 0 unspecified atom stereocenters. The first-order chi connectivity index (χ1) is 9.69. The number of aromatic nitrogens is 1. The predicted octanol–water partition coefficient (Wildman–Crippen LogP) is 1.36. The highest BCUT2D eigenvalue weighted by atomic mass is 16.5. The summed E-state index contributed by atoms with van der Waals surface area (Å²) < 4.78 is 5.08. The first-order valence-corrected chi connectivity index (χ1v) is 6.29. The number of methoxy groups -OCH3 is 1. The van der Waals surface area contributed by atoms with E-state index in [1.807, 2.05) is 24.3 Å². The van der Waals surface area contributed by atoms with Crippen LogP contribution in [0.1, 0.15) is 15.9 Å². The zero-order valence-corrected chi connectivity index (χ0v) is 11.2. The molecule has 0 bridgehead atoms. The van der Waals surface area contributed by atoms with E-state index < -0.39 is 0 Å². The molecular weight excluding hydrogens is 256 g/mol. The molecule has 5 nitrogen and oxygen atoms in total. The van der Waals surface area contributed by atoms with Gasteiger partial charge in [0.15, 0.2) is 0 Å². The molecule has 2 N–H and O–H groups in total. The van der Waals surface area contributed by atoms with Crippen LogP contribution >= 0.6 is 0 Å². The minimum absolute atomic E-state index is 0.246. The van der Waals surface area contributed by atoms with Gasteiger partial charge in [-0.2, -0.15) is 0 Å². The van der Waals surface area contributed by atoms with Crippen molar-refractivity contribution in [3.63, 3.8) is 0 Å². The van der Waals surface area contributed by atoms with Crippen LogP contribution in [0.5, 0.6) is 5.75 Å². The fourth-order valence-corrected chi connectivity index (χ4v) is 1.80. The molecule has 0 aliphatic heterocycles. The molecule has 1 aromatic heterocycles. The SMILES string of the molecule is COc1ccc(CCNC(=O)c2cc[nH]c(=O)c2)cc1. The minimum atomic E-state index is -0.284. The van der Waals surface area contributed by atoms with E-state index in [1.165, 1.54) is 12.3 Å². The van der Waals surface area contributed by atoms with Gasteiger partial charge >= 0.3 is 0 Å². The van der Waals surface area contributed by atoms with E-state index in [2.05, 4.69) is 10.3 Å². The third-order valence-electron chi connectivity index (χ3n) is 2.90. The Hall–Kier alpha value is -2.56. The third kappa shape index (κ3) is 3.71. The summed E-state index contributed by atoms with van der Waals surface area (Å²) >= 11 is 0. The van der Waals surface area contributed by atoms with Gasteiger partial charge in [-0.15, -0.1) is 0 Å². The Morgan fingerprint density at radius 2 is 2.00 bits per heavy atom. The Kier molecular flexibility index (Phi) is 4.55. The number of benzene rings is 1. The highest BCUT2D eigenvalue weighted by Crippen LogP contribution is 2.11. The standard InChI is InChI=1S/C15H16N2O3/c1-20-13-4-2-11(3-5-13)6-8-17-15(19)12-7-9-16-14(18)10-12/h2-5,7,9-10H,6,8H2,1H3,(H,16,18)(H,17,19). The zero-order chi connectivity index (χ0) is 14.4. The molecule has 0 fully saturated rings. The molecule has 0 saturated carbocycles. The number of carbonyl (C=O) groups is 1. The Balaban J connectivity index is 1.86. The molecule has 2 aromatic rings. The van der Waals surface area contributed by atoms with Gasteiger partial charge < -0.3 is 15.0 Å². The number of aromatic amines is 1. The van der Waals surface area contributed by atoms with Crippen LogP contribution < -0.4 is 15.6 Å². The number of ether oxygens (including phenoxy) is 1. The maximum atomic E-state index is 11.8. The number of nitrogens with one attached hydrogen (secondary N) is 2. The van der Waals surface area contributed by atoms with Crippen molar-refractivity contribution in [3.05, 3.63) is 64.1 Å². The van der Waals surface area contributed by atoms with Crippen LogP contribution in [0, 0.1) is 0 Å². The highest BCUT2D eigenvalue weighted by molar-refractivity contribution is 5.93. The van der Waals surface area contributed by atoms with Gasteiger partial charge in [-0.05, 0) is 30.2 Å². The largest absolute Gasteiger partial charge is 0.497 e. The molecule has 2 rings (SSSR count). The zero-order valence-electron chi connectivity index (χ0n) is 11.2. The molecule has 104 valence electrons. The predicted molar refractivity (Wildman–Crippen MR) is 76.1 cm³/mol. The van der Waals surface area contributed by atoms with Crippen molar-refractivity contribution in [2.24, 2.45) is 0 Å². The topological polar surface area (TPSA) is 71.2 Å².